The number of rotatable bonds is 5. The Labute approximate surface area is 125 Å². The molecule has 0 amide bonds. The van der Waals surface area contributed by atoms with E-state index in [0.717, 1.165) is 37.8 Å². The van der Waals surface area contributed by atoms with Crippen molar-refractivity contribution < 1.29 is 23.2 Å². The first-order valence-corrected chi connectivity index (χ1v) is 7.06. The second-order valence-electron chi connectivity index (χ2n) is 5.48. The summed E-state index contributed by atoms with van der Waals surface area (Å²) in [6.45, 7) is -0.00838. The van der Waals surface area contributed by atoms with Gasteiger partial charge < -0.3 is 10.4 Å². The molecule has 2 rings (SSSR count). The van der Waals surface area contributed by atoms with Crippen LogP contribution in [0.15, 0.2) is 18.2 Å². The fourth-order valence-electron chi connectivity index (χ4n) is 2.76. The molecule has 1 aromatic carbocycles. The van der Waals surface area contributed by atoms with Crippen molar-refractivity contribution in [2.75, 3.05) is 11.9 Å². The van der Waals surface area contributed by atoms with Crippen LogP contribution in [0.1, 0.15) is 31.2 Å². The molecule has 1 fully saturated rings. The third-order valence-corrected chi connectivity index (χ3v) is 3.97. The van der Waals surface area contributed by atoms with Crippen molar-refractivity contribution in [3.63, 3.8) is 0 Å². The van der Waals surface area contributed by atoms with E-state index in [4.69, 9.17) is 0 Å². The lowest BCUT2D eigenvalue weighted by Crippen LogP contribution is -2.27. The second kappa shape index (κ2) is 6.51. The van der Waals surface area contributed by atoms with Gasteiger partial charge in [0, 0.05) is 24.4 Å². The van der Waals surface area contributed by atoms with Crippen LogP contribution in [0.5, 0.6) is 0 Å². The zero-order chi connectivity index (χ0) is 16.3. The molecule has 0 spiro atoms. The fourth-order valence-corrected chi connectivity index (χ4v) is 2.76. The van der Waals surface area contributed by atoms with Crippen LogP contribution in [0.25, 0.3) is 0 Å². The van der Waals surface area contributed by atoms with Crippen LogP contribution < -0.4 is 5.32 Å². The Hall–Kier alpha value is -1.83. The smallest absolute Gasteiger partial charge is 0.391 e. The number of halogens is 3. The highest BCUT2D eigenvalue weighted by Crippen LogP contribution is 2.37. The van der Waals surface area contributed by atoms with Crippen LogP contribution in [-0.4, -0.2) is 22.7 Å². The number of aliphatic hydroxyl groups excluding tert-OH is 1. The summed E-state index contributed by atoms with van der Waals surface area (Å²) in [6.07, 6.45) is -1.64. The summed E-state index contributed by atoms with van der Waals surface area (Å²) in [5, 5.41) is 23.2. The van der Waals surface area contributed by atoms with E-state index in [1.807, 2.05) is 0 Å². The molecule has 0 aliphatic heterocycles. The summed E-state index contributed by atoms with van der Waals surface area (Å²) in [6, 6.07) is 2.55. The number of non-ortho nitro benzene ring substituents is 1. The predicted octanol–water partition coefficient (Wildman–Crippen LogP) is 3.58. The van der Waals surface area contributed by atoms with E-state index in [2.05, 4.69) is 5.32 Å². The van der Waals surface area contributed by atoms with E-state index in [1.165, 1.54) is 0 Å². The Morgan fingerprint density at radius 1 is 1.36 bits per heavy atom. The van der Waals surface area contributed by atoms with Gasteiger partial charge >= 0.3 is 6.18 Å². The van der Waals surface area contributed by atoms with Gasteiger partial charge in [0.2, 0.25) is 0 Å². The van der Waals surface area contributed by atoms with E-state index < -0.39 is 28.5 Å². The van der Waals surface area contributed by atoms with Gasteiger partial charge in [0.15, 0.2) is 0 Å². The van der Waals surface area contributed by atoms with Crippen molar-refractivity contribution in [2.24, 2.45) is 5.92 Å². The number of anilines is 1. The van der Waals surface area contributed by atoms with Gasteiger partial charge in [-0.1, -0.05) is 12.8 Å². The molecule has 0 bridgehead atoms. The second-order valence-corrected chi connectivity index (χ2v) is 5.48. The monoisotopic (exact) mass is 318 g/mol. The molecular formula is C14H17F3N2O3. The van der Waals surface area contributed by atoms with Gasteiger partial charge in [-0.05, 0) is 24.8 Å². The summed E-state index contributed by atoms with van der Waals surface area (Å²) in [4.78, 5) is 9.74. The molecule has 8 heteroatoms. The largest absolute Gasteiger partial charge is 0.418 e. The Balaban J connectivity index is 2.13. The molecule has 0 saturated heterocycles. The van der Waals surface area contributed by atoms with Gasteiger partial charge in [-0.3, -0.25) is 10.1 Å². The number of nitrogens with one attached hydrogen (secondary N) is 1. The van der Waals surface area contributed by atoms with Crippen LogP contribution in [0.3, 0.4) is 0 Å². The number of nitro groups is 1. The van der Waals surface area contributed by atoms with E-state index in [9.17, 15) is 28.4 Å². The SMILES string of the molecule is O=[N+]([O-])c1ccc(NCC(O)C2CCCC2)c(C(F)(F)F)c1. The normalized spacial score (nSPS) is 17.5. The maximum Gasteiger partial charge on any atom is 0.418 e. The molecule has 1 aliphatic carbocycles. The van der Waals surface area contributed by atoms with E-state index >= 15 is 0 Å². The standard InChI is InChI=1S/C14H17F3N2O3/c15-14(16,17)11-7-10(19(21)22)5-6-12(11)18-8-13(20)9-3-1-2-4-9/h5-7,9,13,18,20H,1-4,8H2. The van der Waals surface area contributed by atoms with Crippen molar-refractivity contribution in [1.82, 2.24) is 0 Å². The van der Waals surface area contributed by atoms with Crippen LogP contribution in [0.2, 0.25) is 0 Å². The molecule has 22 heavy (non-hydrogen) atoms. The molecule has 1 atom stereocenters. The van der Waals surface area contributed by atoms with Gasteiger partial charge in [0.1, 0.15) is 0 Å². The number of benzene rings is 1. The van der Waals surface area contributed by atoms with Crippen LogP contribution >= 0.6 is 0 Å². The first kappa shape index (κ1) is 16.5. The van der Waals surface area contributed by atoms with Gasteiger partial charge in [-0.2, -0.15) is 13.2 Å². The summed E-state index contributed by atoms with van der Waals surface area (Å²) in [5.41, 5.74) is -1.97. The van der Waals surface area contributed by atoms with Crippen molar-refractivity contribution in [3.05, 3.63) is 33.9 Å². The van der Waals surface area contributed by atoms with Crippen molar-refractivity contribution >= 4 is 11.4 Å². The van der Waals surface area contributed by atoms with Gasteiger partial charge in [-0.25, -0.2) is 0 Å². The third kappa shape index (κ3) is 3.88. The lowest BCUT2D eigenvalue weighted by atomic mass is 10.0. The Morgan fingerprint density at radius 2 is 2.00 bits per heavy atom. The molecule has 0 aromatic heterocycles. The molecule has 2 N–H and O–H groups in total. The minimum absolute atomic E-state index is 0.00838. The zero-order valence-corrected chi connectivity index (χ0v) is 11.8. The summed E-state index contributed by atoms with van der Waals surface area (Å²) >= 11 is 0. The summed E-state index contributed by atoms with van der Waals surface area (Å²) < 4.78 is 39.0. The van der Waals surface area contributed by atoms with E-state index in [1.54, 1.807) is 0 Å². The average molecular weight is 318 g/mol. The Bertz CT molecular complexity index is 543. The highest BCUT2D eigenvalue weighted by atomic mass is 19.4. The molecule has 1 aromatic rings. The number of hydrogen-bond donors (Lipinski definition) is 2. The van der Waals surface area contributed by atoms with Crippen molar-refractivity contribution in [1.29, 1.82) is 0 Å². The number of aliphatic hydroxyl groups is 1. The maximum absolute atomic E-state index is 13.0. The number of nitrogens with zero attached hydrogens (tertiary/aromatic N) is 1. The zero-order valence-electron chi connectivity index (χ0n) is 11.8. The molecule has 5 nitrogen and oxygen atoms in total. The quantitative estimate of drug-likeness (QED) is 0.643. The lowest BCUT2D eigenvalue weighted by Gasteiger charge is -2.20. The molecule has 1 aliphatic rings. The minimum atomic E-state index is -4.70. The average Bonchev–Trinajstić information content (AvgIpc) is 2.97. The number of nitro benzene ring substituents is 1. The molecule has 0 heterocycles. The van der Waals surface area contributed by atoms with Gasteiger partial charge in [0.25, 0.3) is 5.69 Å². The maximum atomic E-state index is 13.0. The summed E-state index contributed by atoms with van der Waals surface area (Å²) in [5.74, 6) is 0.0971. The van der Waals surface area contributed by atoms with Crippen LogP contribution in [-0.2, 0) is 6.18 Å². The van der Waals surface area contributed by atoms with Gasteiger partial charge in [0.05, 0.1) is 16.6 Å². The molecule has 0 radical (unpaired) electrons. The fraction of sp³-hybridized carbons (Fsp3) is 0.571. The molecule has 1 saturated carbocycles. The minimum Gasteiger partial charge on any atom is -0.391 e. The first-order chi connectivity index (χ1) is 10.3. The molecule has 1 unspecified atom stereocenters. The van der Waals surface area contributed by atoms with E-state index in [0.29, 0.717) is 6.07 Å². The highest BCUT2D eigenvalue weighted by molar-refractivity contribution is 5.57. The Kier molecular flexibility index (Phi) is 4.90. The first-order valence-electron chi connectivity index (χ1n) is 7.06. The predicted molar refractivity (Wildman–Crippen MR) is 74.6 cm³/mol. The van der Waals surface area contributed by atoms with Crippen LogP contribution in [0, 0.1) is 16.0 Å². The lowest BCUT2D eigenvalue weighted by molar-refractivity contribution is -0.385. The van der Waals surface area contributed by atoms with Crippen molar-refractivity contribution in [3.8, 4) is 0 Å². The molecular weight excluding hydrogens is 301 g/mol. The van der Waals surface area contributed by atoms with Crippen LogP contribution in [0.4, 0.5) is 24.5 Å². The number of hydrogen-bond acceptors (Lipinski definition) is 4. The van der Waals surface area contributed by atoms with E-state index in [-0.39, 0.29) is 18.2 Å². The molecule has 122 valence electrons. The third-order valence-electron chi connectivity index (χ3n) is 3.97. The van der Waals surface area contributed by atoms with Gasteiger partial charge in [-0.15, -0.1) is 0 Å². The Morgan fingerprint density at radius 3 is 2.55 bits per heavy atom. The number of alkyl halides is 3. The van der Waals surface area contributed by atoms with Crippen molar-refractivity contribution in [2.45, 2.75) is 38.0 Å². The summed E-state index contributed by atoms with van der Waals surface area (Å²) in [7, 11) is 0. The highest BCUT2D eigenvalue weighted by Gasteiger charge is 2.35. The topological polar surface area (TPSA) is 75.4 Å².